The summed E-state index contributed by atoms with van der Waals surface area (Å²) in [6, 6.07) is 4.56. The molecule has 0 aromatic heterocycles. The molecule has 1 aliphatic carbocycles. The van der Waals surface area contributed by atoms with Gasteiger partial charge in [0, 0.05) is 11.7 Å². The molecule has 2 rings (SSSR count). The molecular formula is C13H17FN2O. The third-order valence-corrected chi connectivity index (χ3v) is 2.88. The van der Waals surface area contributed by atoms with E-state index in [9.17, 15) is 9.18 Å². The number of benzene rings is 1. The second-order valence-corrected chi connectivity index (χ2v) is 4.61. The zero-order chi connectivity index (χ0) is 12.4. The van der Waals surface area contributed by atoms with E-state index in [2.05, 4.69) is 10.6 Å². The van der Waals surface area contributed by atoms with Gasteiger partial charge in [0.25, 0.3) is 0 Å². The van der Waals surface area contributed by atoms with Crippen molar-refractivity contribution in [3.05, 3.63) is 29.6 Å². The fourth-order valence-electron chi connectivity index (χ4n) is 1.64. The fraction of sp³-hybridized carbons (Fsp3) is 0.462. The smallest absolute Gasteiger partial charge is 0.242 e. The topological polar surface area (TPSA) is 41.1 Å². The fourth-order valence-corrected chi connectivity index (χ4v) is 1.64. The number of rotatable bonds is 4. The van der Waals surface area contributed by atoms with Gasteiger partial charge in [-0.3, -0.25) is 4.79 Å². The standard InChI is InChI=1S/C13H17FN2O/c1-8-7-10(14)3-6-12(8)15-9(2)13(17)16-11-4-5-11/h3,6-7,9,11,15H,4-5H2,1-2H3,(H,16,17). The van der Waals surface area contributed by atoms with Crippen LogP contribution in [0.5, 0.6) is 0 Å². The largest absolute Gasteiger partial charge is 0.374 e. The average molecular weight is 236 g/mol. The number of anilines is 1. The van der Waals surface area contributed by atoms with Gasteiger partial charge in [-0.25, -0.2) is 4.39 Å². The van der Waals surface area contributed by atoms with Gasteiger partial charge < -0.3 is 10.6 Å². The van der Waals surface area contributed by atoms with Gasteiger partial charge in [0.15, 0.2) is 0 Å². The van der Waals surface area contributed by atoms with Crippen molar-refractivity contribution in [3.63, 3.8) is 0 Å². The minimum atomic E-state index is -0.306. The highest BCUT2D eigenvalue weighted by Crippen LogP contribution is 2.20. The maximum atomic E-state index is 12.9. The van der Waals surface area contributed by atoms with Crippen molar-refractivity contribution >= 4 is 11.6 Å². The summed E-state index contributed by atoms with van der Waals surface area (Å²) >= 11 is 0. The van der Waals surface area contributed by atoms with Crippen molar-refractivity contribution in [3.8, 4) is 0 Å². The highest BCUT2D eigenvalue weighted by atomic mass is 19.1. The molecule has 0 saturated heterocycles. The van der Waals surface area contributed by atoms with E-state index in [0.717, 1.165) is 24.1 Å². The van der Waals surface area contributed by atoms with Gasteiger partial charge in [0.2, 0.25) is 5.91 Å². The Hall–Kier alpha value is -1.58. The molecule has 2 N–H and O–H groups in total. The summed E-state index contributed by atoms with van der Waals surface area (Å²) in [4.78, 5) is 11.7. The first kappa shape index (κ1) is 11.9. The van der Waals surface area contributed by atoms with Crippen LogP contribution in [0.3, 0.4) is 0 Å². The Labute approximate surface area is 100 Å². The molecule has 1 saturated carbocycles. The summed E-state index contributed by atoms with van der Waals surface area (Å²) in [5, 5.41) is 6.02. The molecule has 1 fully saturated rings. The third-order valence-electron chi connectivity index (χ3n) is 2.88. The molecule has 92 valence electrons. The van der Waals surface area contributed by atoms with E-state index in [1.54, 1.807) is 13.0 Å². The monoisotopic (exact) mass is 236 g/mol. The zero-order valence-electron chi connectivity index (χ0n) is 10.1. The molecule has 1 aromatic rings. The van der Waals surface area contributed by atoms with Crippen molar-refractivity contribution in [2.45, 2.75) is 38.8 Å². The molecule has 1 aliphatic rings. The molecule has 0 radical (unpaired) electrons. The van der Waals surface area contributed by atoms with E-state index in [1.807, 2.05) is 6.92 Å². The molecule has 1 atom stereocenters. The number of carbonyl (C=O) groups excluding carboxylic acids is 1. The molecule has 1 unspecified atom stereocenters. The highest BCUT2D eigenvalue weighted by molar-refractivity contribution is 5.84. The SMILES string of the molecule is Cc1cc(F)ccc1NC(C)C(=O)NC1CC1. The maximum Gasteiger partial charge on any atom is 0.242 e. The van der Waals surface area contributed by atoms with Crippen molar-refractivity contribution in [2.24, 2.45) is 0 Å². The van der Waals surface area contributed by atoms with Gasteiger partial charge in [-0.05, 0) is 50.5 Å². The lowest BCUT2D eigenvalue weighted by atomic mass is 10.1. The lowest BCUT2D eigenvalue weighted by molar-refractivity contribution is -0.121. The van der Waals surface area contributed by atoms with Crippen LogP contribution in [0.15, 0.2) is 18.2 Å². The first-order valence-corrected chi connectivity index (χ1v) is 5.89. The highest BCUT2D eigenvalue weighted by Gasteiger charge is 2.25. The van der Waals surface area contributed by atoms with Crippen LogP contribution >= 0.6 is 0 Å². The van der Waals surface area contributed by atoms with Crippen molar-refractivity contribution in [1.29, 1.82) is 0 Å². The number of carbonyl (C=O) groups is 1. The molecule has 0 aliphatic heterocycles. The van der Waals surface area contributed by atoms with E-state index in [0.29, 0.717) is 6.04 Å². The Morgan fingerprint density at radius 3 is 2.76 bits per heavy atom. The Kier molecular flexibility index (Phi) is 3.31. The van der Waals surface area contributed by atoms with Crippen molar-refractivity contribution in [1.82, 2.24) is 5.32 Å². The molecule has 17 heavy (non-hydrogen) atoms. The second-order valence-electron chi connectivity index (χ2n) is 4.61. The molecule has 0 spiro atoms. The van der Waals surface area contributed by atoms with Gasteiger partial charge in [-0.2, -0.15) is 0 Å². The first-order chi connectivity index (χ1) is 8.06. The second kappa shape index (κ2) is 4.73. The number of halogens is 1. The molecular weight excluding hydrogens is 219 g/mol. The van der Waals surface area contributed by atoms with Crippen LogP contribution in [0.1, 0.15) is 25.3 Å². The number of aryl methyl sites for hydroxylation is 1. The van der Waals surface area contributed by atoms with Gasteiger partial charge in [0.05, 0.1) is 0 Å². The summed E-state index contributed by atoms with van der Waals surface area (Å²) in [6.07, 6.45) is 2.15. The van der Waals surface area contributed by atoms with E-state index in [4.69, 9.17) is 0 Å². The minimum absolute atomic E-state index is 0.00350. The minimum Gasteiger partial charge on any atom is -0.374 e. The summed E-state index contributed by atoms with van der Waals surface area (Å²) in [6.45, 7) is 3.62. The van der Waals surface area contributed by atoms with Crippen molar-refractivity contribution in [2.75, 3.05) is 5.32 Å². The van der Waals surface area contributed by atoms with E-state index >= 15 is 0 Å². The summed E-state index contributed by atoms with van der Waals surface area (Å²) in [5.74, 6) is -0.264. The third kappa shape index (κ3) is 3.19. The van der Waals surface area contributed by atoms with Crippen LogP contribution in [-0.4, -0.2) is 18.0 Å². The van der Waals surface area contributed by atoms with Gasteiger partial charge >= 0.3 is 0 Å². The van der Waals surface area contributed by atoms with Gasteiger partial charge in [0.1, 0.15) is 11.9 Å². The van der Waals surface area contributed by atoms with Crippen LogP contribution < -0.4 is 10.6 Å². The first-order valence-electron chi connectivity index (χ1n) is 5.89. The average Bonchev–Trinajstić information content (AvgIpc) is 3.06. The Morgan fingerprint density at radius 1 is 1.47 bits per heavy atom. The number of nitrogens with one attached hydrogen (secondary N) is 2. The Morgan fingerprint density at radius 2 is 2.18 bits per heavy atom. The quantitative estimate of drug-likeness (QED) is 0.841. The van der Waals surface area contributed by atoms with Crippen LogP contribution in [0, 0.1) is 12.7 Å². The number of amides is 1. The van der Waals surface area contributed by atoms with Crippen LogP contribution in [0.2, 0.25) is 0 Å². The number of hydrogen-bond acceptors (Lipinski definition) is 2. The Balaban J connectivity index is 1.96. The zero-order valence-corrected chi connectivity index (χ0v) is 10.1. The van der Waals surface area contributed by atoms with Crippen LogP contribution in [-0.2, 0) is 4.79 Å². The van der Waals surface area contributed by atoms with Crippen molar-refractivity contribution < 1.29 is 9.18 Å². The summed E-state index contributed by atoms with van der Waals surface area (Å²) < 4.78 is 12.9. The molecule has 1 aromatic carbocycles. The van der Waals surface area contributed by atoms with E-state index in [1.165, 1.54) is 12.1 Å². The molecule has 1 amide bonds. The normalized spacial score (nSPS) is 16.4. The molecule has 4 heteroatoms. The predicted molar refractivity (Wildman–Crippen MR) is 65.4 cm³/mol. The molecule has 0 heterocycles. The molecule has 3 nitrogen and oxygen atoms in total. The summed E-state index contributed by atoms with van der Waals surface area (Å²) in [5.41, 5.74) is 1.60. The van der Waals surface area contributed by atoms with Crippen LogP contribution in [0.25, 0.3) is 0 Å². The summed E-state index contributed by atoms with van der Waals surface area (Å²) in [7, 11) is 0. The lowest BCUT2D eigenvalue weighted by Gasteiger charge is -2.16. The number of hydrogen-bond donors (Lipinski definition) is 2. The Bertz CT molecular complexity index is 429. The maximum absolute atomic E-state index is 12.9. The van der Waals surface area contributed by atoms with E-state index in [-0.39, 0.29) is 17.8 Å². The van der Waals surface area contributed by atoms with Crippen LogP contribution in [0.4, 0.5) is 10.1 Å². The van der Waals surface area contributed by atoms with Gasteiger partial charge in [-0.1, -0.05) is 0 Å². The lowest BCUT2D eigenvalue weighted by Crippen LogP contribution is -2.38. The predicted octanol–water partition coefficient (Wildman–Crippen LogP) is 2.21. The van der Waals surface area contributed by atoms with E-state index < -0.39 is 0 Å². The molecule has 0 bridgehead atoms. The van der Waals surface area contributed by atoms with Gasteiger partial charge in [-0.15, -0.1) is 0 Å².